The minimum absolute atomic E-state index is 0.120. The van der Waals surface area contributed by atoms with Crippen LogP contribution in [-0.4, -0.2) is 35.0 Å². The quantitative estimate of drug-likeness (QED) is 0.923. The lowest BCUT2D eigenvalue weighted by Crippen LogP contribution is -2.38. The van der Waals surface area contributed by atoms with Gasteiger partial charge in [0.1, 0.15) is 12.2 Å². The number of carboxylic acid groups (broad SMARTS) is 1. The molecule has 0 atom stereocenters. The highest BCUT2D eigenvalue weighted by molar-refractivity contribution is 5.97. The summed E-state index contributed by atoms with van der Waals surface area (Å²) in [6.45, 7) is 5.26. The van der Waals surface area contributed by atoms with E-state index in [9.17, 15) is 9.59 Å². The smallest absolute Gasteiger partial charge is 0.311 e. The summed E-state index contributed by atoms with van der Waals surface area (Å²) in [6.07, 6.45) is 3.03. The third-order valence-electron chi connectivity index (χ3n) is 4.99. The van der Waals surface area contributed by atoms with Gasteiger partial charge in [-0.1, -0.05) is 24.3 Å². The summed E-state index contributed by atoms with van der Waals surface area (Å²) in [6, 6.07) is 8.40. The molecule has 2 heterocycles. The molecule has 1 fully saturated rings. The van der Waals surface area contributed by atoms with Crippen molar-refractivity contribution in [3.63, 3.8) is 0 Å². The number of carboxylic acids is 1. The predicted molar refractivity (Wildman–Crippen MR) is 93.8 cm³/mol. The average molecular weight is 341 g/mol. The topological polar surface area (TPSA) is 70.8 Å². The van der Waals surface area contributed by atoms with Gasteiger partial charge in [0.2, 0.25) is 0 Å². The standard InChI is InChI=1S/C20H23NO4/c1-13-5-3-4-6-16(13)15-7-9-21(10-8-15)20(24)19-14(2)12-25-17(19)11-18(22)23/h3-6,12,15H,7-11H2,1-2H3,(H,22,23). The Kier molecular flexibility index (Phi) is 4.93. The summed E-state index contributed by atoms with van der Waals surface area (Å²) < 4.78 is 5.30. The third-order valence-corrected chi connectivity index (χ3v) is 4.99. The van der Waals surface area contributed by atoms with Gasteiger partial charge in [-0.05, 0) is 43.7 Å². The molecule has 1 aromatic carbocycles. The molecule has 0 bridgehead atoms. The van der Waals surface area contributed by atoms with E-state index in [0.717, 1.165) is 12.8 Å². The lowest BCUT2D eigenvalue weighted by atomic mass is 9.86. The van der Waals surface area contributed by atoms with E-state index >= 15 is 0 Å². The van der Waals surface area contributed by atoms with Crippen LogP contribution in [0.1, 0.15) is 51.6 Å². The van der Waals surface area contributed by atoms with E-state index in [1.54, 1.807) is 6.92 Å². The Morgan fingerprint density at radius 2 is 1.84 bits per heavy atom. The second-order valence-electron chi connectivity index (χ2n) is 6.71. The second kappa shape index (κ2) is 7.13. The molecule has 0 aliphatic carbocycles. The average Bonchev–Trinajstić information content (AvgIpc) is 2.94. The molecule has 3 rings (SSSR count). The van der Waals surface area contributed by atoms with Crippen molar-refractivity contribution < 1.29 is 19.1 Å². The Morgan fingerprint density at radius 3 is 2.48 bits per heavy atom. The zero-order valence-electron chi connectivity index (χ0n) is 14.6. The third kappa shape index (κ3) is 3.60. The maximum Gasteiger partial charge on any atom is 0.311 e. The van der Waals surface area contributed by atoms with E-state index in [-0.39, 0.29) is 18.1 Å². The summed E-state index contributed by atoms with van der Waals surface area (Å²) in [5, 5.41) is 8.99. The van der Waals surface area contributed by atoms with Gasteiger partial charge in [0.25, 0.3) is 5.91 Å². The maximum absolute atomic E-state index is 12.9. The van der Waals surface area contributed by atoms with Crippen molar-refractivity contribution in [3.05, 3.63) is 58.5 Å². The number of amides is 1. The Morgan fingerprint density at radius 1 is 1.16 bits per heavy atom. The fraction of sp³-hybridized carbons (Fsp3) is 0.400. The summed E-state index contributed by atoms with van der Waals surface area (Å²) in [5.41, 5.74) is 3.77. The van der Waals surface area contributed by atoms with Gasteiger partial charge in [0.15, 0.2) is 0 Å². The fourth-order valence-electron chi connectivity index (χ4n) is 3.65. The largest absolute Gasteiger partial charge is 0.481 e. The number of piperidine rings is 1. The van der Waals surface area contributed by atoms with E-state index in [2.05, 4.69) is 25.1 Å². The van der Waals surface area contributed by atoms with Crippen LogP contribution in [0.4, 0.5) is 0 Å². The first-order valence-electron chi connectivity index (χ1n) is 8.61. The number of aryl methyl sites for hydroxylation is 2. The van der Waals surface area contributed by atoms with Crippen LogP contribution in [-0.2, 0) is 11.2 Å². The van der Waals surface area contributed by atoms with Crippen molar-refractivity contribution in [1.29, 1.82) is 0 Å². The lowest BCUT2D eigenvalue weighted by Gasteiger charge is -2.33. The first-order valence-corrected chi connectivity index (χ1v) is 8.61. The maximum atomic E-state index is 12.9. The molecule has 0 spiro atoms. The van der Waals surface area contributed by atoms with Crippen molar-refractivity contribution in [2.75, 3.05) is 13.1 Å². The number of furan rings is 1. The van der Waals surface area contributed by atoms with Gasteiger partial charge in [-0.15, -0.1) is 0 Å². The van der Waals surface area contributed by atoms with Gasteiger partial charge >= 0.3 is 5.97 Å². The van der Waals surface area contributed by atoms with E-state index in [0.29, 0.717) is 30.1 Å². The molecular weight excluding hydrogens is 318 g/mol. The van der Waals surface area contributed by atoms with Crippen molar-refractivity contribution >= 4 is 11.9 Å². The van der Waals surface area contributed by atoms with Crippen LogP contribution in [0, 0.1) is 13.8 Å². The number of carbonyl (C=O) groups excluding carboxylic acids is 1. The Balaban J connectivity index is 1.71. The van der Waals surface area contributed by atoms with Crippen LogP contribution in [0.15, 0.2) is 34.9 Å². The van der Waals surface area contributed by atoms with E-state index in [1.165, 1.54) is 17.4 Å². The first-order chi connectivity index (χ1) is 12.0. The fourth-order valence-corrected chi connectivity index (χ4v) is 3.65. The Hall–Kier alpha value is -2.56. The van der Waals surface area contributed by atoms with Crippen LogP contribution in [0.2, 0.25) is 0 Å². The SMILES string of the molecule is Cc1ccccc1C1CCN(C(=O)c2c(C)coc2CC(=O)O)CC1. The van der Waals surface area contributed by atoms with Crippen LogP contribution in [0.3, 0.4) is 0 Å². The number of hydrogen-bond donors (Lipinski definition) is 1. The van der Waals surface area contributed by atoms with Crippen LogP contribution >= 0.6 is 0 Å². The molecule has 0 unspecified atom stereocenters. The highest BCUT2D eigenvalue weighted by Crippen LogP contribution is 2.31. The molecule has 0 radical (unpaired) electrons. The molecule has 132 valence electrons. The molecular formula is C20H23NO4. The molecule has 1 aliphatic heterocycles. The Bertz CT molecular complexity index is 785. The number of aliphatic carboxylic acids is 1. The minimum Gasteiger partial charge on any atom is -0.481 e. The summed E-state index contributed by atoms with van der Waals surface area (Å²) in [4.78, 5) is 25.7. The molecule has 5 nitrogen and oxygen atoms in total. The molecule has 1 aliphatic rings. The van der Waals surface area contributed by atoms with Gasteiger partial charge < -0.3 is 14.4 Å². The second-order valence-corrected chi connectivity index (χ2v) is 6.71. The summed E-state index contributed by atoms with van der Waals surface area (Å²) >= 11 is 0. The molecule has 1 aromatic heterocycles. The van der Waals surface area contributed by atoms with Crippen molar-refractivity contribution in [2.45, 2.75) is 39.0 Å². The normalized spacial score (nSPS) is 15.4. The van der Waals surface area contributed by atoms with Crippen molar-refractivity contribution in [3.8, 4) is 0 Å². The van der Waals surface area contributed by atoms with E-state index in [4.69, 9.17) is 9.52 Å². The molecule has 0 saturated carbocycles. The van der Waals surface area contributed by atoms with Crippen molar-refractivity contribution in [2.24, 2.45) is 0 Å². The minimum atomic E-state index is -0.998. The van der Waals surface area contributed by atoms with Crippen LogP contribution < -0.4 is 0 Å². The number of nitrogens with zero attached hydrogens (tertiary/aromatic N) is 1. The highest BCUT2D eigenvalue weighted by atomic mass is 16.4. The number of rotatable bonds is 4. The van der Waals surface area contributed by atoms with Crippen LogP contribution in [0.25, 0.3) is 0 Å². The molecule has 1 N–H and O–H groups in total. The molecule has 2 aromatic rings. The van der Waals surface area contributed by atoms with Crippen molar-refractivity contribution in [1.82, 2.24) is 4.90 Å². The zero-order valence-corrected chi connectivity index (χ0v) is 14.6. The van der Waals surface area contributed by atoms with Gasteiger partial charge in [0.05, 0.1) is 11.8 Å². The molecule has 1 amide bonds. The van der Waals surface area contributed by atoms with Gasteiger partial charge in [-0.25, -0.2) is 0 Å². The predicted octanol–water partition coefficient (Wildman–Crippen LogP) is 3.54. The molecule has 1 saturated heterocycles. The number of carbonyl (C=O) groups is 2. The lowest BCUT2D eigenvalue weighted by molar-refractivity contribution is -0.136. The number of benzene rings is 1. The molecule has 25 heavy (non-hydrogen) atoms. The van der Waals surface area contributed by atoms with Crippen LogP contribution in [0.5, 0.6) is 0 Å². The van der Waals surface area contributed by atoms with Gasteiger partial charge in [-0.2, -0.15) is 0 Å². The molecule has 5 heteroatoms. The van der Waals surface area contributed by atoms with E-state index in [1.807, 2.05) is 11.0 Å². The zero-order chi connectivity index (χ0) is 18.0. The van der Waals surface area contributed by atoms with Gasteiger partial charge in [-0.3, -0.25) is 9.59 Å². The highest BCUT2D eigenvalue weighted by Gasteiger charge is 2.29. The summed E-state index contributed by atoms with van der Waals surface area (Å²) in [5.74, 6) is -0.405. The van der Waals surface area contributed by atoms with E-state index < -0.39 is 5.97 Å². The van der Waals surface area contributed by atoms with Gasteiger partial charge in [0, 0.05) is 18.7 Å². The first kappa shape index (κ1) is 17.3. The number of hydrogen-bond acceptors (Lipinski definition) is 3. The Labute approximate surface area is 147 Å². The summed E-state index contributed by atoms with van der Waals surface area (Å²) in [7, 11) is 0. The number of likely N-dealkylation sites (tertiary alicyclic amines) is 1. The monoisotopic (exact) mass is 341 g/mol.